The molecule has 1 heterocycles. The van der Waals surface area contributed by atoms with Gasteiger partial charge in [-0.3, -0.25) is 10.1 Å². The Bertz CT molecular complexity index is 412. The van der Waals surface area contributed by atoms with Crippen LogP contribution in [0.4, 0.5) is 17.5 Å². The highest BCUT2D eigenvalue weighted by Crippen LogP contribution is 2.22. The van der Waals surface area contributed by atoms with E-state index in [1.807, 2.05) is 13.8 Å². The van der Waals surface area contributed by atoms with E-state index in [1.165, 1.54) is 0 Å². The molecule has 0 saturated carbocycles. The Morgan fingerprint density at radius 3 is 2.83 bits per heavy atom. The van der Waals surface area contributed by atoms with Gasteiger partial charge < -0.3 is 15.7 Å². The third kappa shape index (κ3) is 3.81. The first-order valence-electron chi connectivity index (χ1n) is 5.68. The molecule has 18 heavy (non-hydrogen) atoms. The Kier molecular flexibility index (Phi) is 5.25. The van der Waals surface area contributed by atoms with Gasteiger partial charge in [-0.05, 0) is 12.8 Å². The van der Waals surface area contributed by atoms with Crippen LogP contribution in [0.15, 0.2) is 6.20 Å². The molecule has 1 aromatic rings. The summed E-state index contributed by atoms with van der Waals surface area (Å²) in [5.74, 6) is 0.482. The second kappa shape index (κ2) is 6.70. The molecule has 0 bridgehead atoms. The van der Waals surface area contributed by atoms with Crippen LogP contribution in [-0.2, 0) is 0 Å². The Hall–Kier alpha value is -1.96. The predicted molar refractivity (Wildman–Crippen MR) is 67.6 cm³/mol. The van der Waals surface area contributed by atoms with Gasteiger partial charge in [0.05, 0.1) is 4.92 Å². The monoisotopic (exact) mass is 255 g/mol. The number of aliphatic hydroxyl groups is 1. The minimum Gasteiger partial charge on any atom is -0.396 e. The largest absolute Gasteiger partial charge is 0.396 e. The van der Waals surface area contributed by atoms with Crippen LogP contribution in [0.25, 0.3) is 0 Å². The molecule has 1 aromatic heterocycles. The third-order valence-electron chi connectivity index (χ3n) is 2.23. The van der Waals surface area contributed by atoms with Gasteiger partial charge in [0.2, 0.25) is 11.8 Å². The molecule has 0 fully saturated rings. The van der Waals surface area contributed by atoms with Gasteiger partial charge in [0.1, 0.15) is 6.20 Å². The summed E-state index contributed by atoms with van der Waals surface area (Å²) in [4.78, 5) is 18.2. The van der Waals surface area contributed by atoms with Crippen molar-refractivity contribution < 1.29 is 10.0 Å². The SMILES string of the molecule is CCNc1ncc([N+](=O)[O-])c(NCC(C)CO)n1. The summed E-state index contributed by atoms with van der Waals surface area (Å²) in [7, 11) is 0. The van der Waals surface area contributed by atoms with Crippen molar-refractivity contribution in [1.29, 1.82) is 0 Å². The van der Waals surface area contributed by atoms with E-state index < -0.39 is 4.92 Å². The lowest BCUT2D eigenvalue weighted by atomic mass is 10.2. The zero-order valence-corrected chi connectivity index (χ0v) is 10.4. The molecule has 1 atom stereocenters. The van der Waals surface area contributed by atoms with Crippen LogP contribution in [0.5, 0.6) is 0 Å². The van der Waals surface area contributed by atoms with E-state index in [0.29, 0.717) is 19.0 Å². The summed E-state index contributed by atoms with van der Waals surface area (Å²) in [6.45, 7) is 4.74. The second-order valence-corrected chi connectivity index (χ2v) is 3.88. The summed E-state index contributed by atoms with van der Waals surface area (Å²) in [6, 6.07) is 0. The lowest BCUT2D eigenvalue weighted by Crippen LogP contribution is -2.17. The van der Waals surface area contributed by atoms with Crippen LogP contribution in [0.2, 0.25) is 0 Å². The number of aromatic nitrogens is 2. The van der Waals surface area contributed by atoms with Gasteiger partial charge in [0, 0.05) is 19.7 Å². The average molecular weight is 255 g/mol. The minimum atomic E-state index is -0.540. The van der Waals surface area contributed by atoms with Crippen LogP contribution in [-0.4, -0.2) is 39.7 Å². The highest BCUT2D eigenvalue weighted by molar-refractivity contribution is 5.56. The number of anilines is 2. The fraction of sp³-hybridized carbons (Fsp3) is 0.600. The van der Waals surface area contributed by atoms with Crippen LogP contribution < -0.4 is 10.6 Å². The fourth-order valence-corrected chi connectivity index (χ4v) is 1.22. The molecule has 0 spiro atoms. The standard InChI is InChI=1S/C10H17N5O3/c1-3-11-10-13-5-8(15(17)18)9(14-10)12-4-7(2)6-16/h5,7,16H,3-4,6H2,1-2H3,(H2,11,12,13,14). The minimum absolute atomic E-state index is 0.00590. The van der Waals surface area contributed by atoms with Gasteiger partial charge in [0.25, 0.3) is 0 Å². The molecular formula is C10H17N5O3. The van der Waals surface area contributed by atoms with Crippen molar-refractivity contribution in [3.8, 4) is 0 Å². The Labute approximate surface area is 105 Å². The van der Waals surface area contributed by atoms with Gasteiger partial charge in [-0.15, -0.1) is 0 Å². The molecular weight excluding hydrogens is 238 g/mol. The fourth-order valence-electron chi connectivity index (χ4n) is 1.22. The van der Waals surface area contributed by atoms with E-state index in [4.69, 9.17) is 5.11 Å². The van der Waals surface area contributed by atoms with Crippen LogP contribution in [0, 0.1) is 16.0 Å². The smallest absolute Gasteiger partial charge is 0.329 e. The summed E-state index contributed by atoms with van der Waals surface area (Å²) < 4.78 is 0. The number of nitrogens with zero attached hydrogens (tertiary/aromatic N) is 3. The summed E-state index contributed by atoms with van der Waals surface area (Å²) in [5, 5.41) is 25.5. The maximum atomic E-state index is 10.8. The molecule has 0 aromatic carbocycles. The molecule has 1 unspecified atom stereocenters. The number of rotatable bonds is 7. The van der Waals surface area contributed by atoms with E-state index in [1.54, 1.807) is 0 Å². The topological polar surface area (TPSA) is 113 Å². The van der Waals surface area contributed by atoms with Crippen molar-refractivity contribution >= 4 is 17.5 Å². The van der Waals surface area contributed by atoms with Gasteiger partial charge in [-0.25, -0.2) is 4.98 Å². The molecule has 0 aliphatic rings. The predicted octanol–water partition coefficient (Wildman–Crippen LogP) is 0.857. The first kappa shape index (κ1) is 14.1. The summed E-state index contributed by atoms with van der Waals surface area (Å²) in [5.41, 5.74) is -0.179. The summed E-state index contributed by atoms with van der Waals surface area (Å²) >= 11 is 0. The first-order chi connectivity index (χ1) is 8.58. The number of aliphatic hydroxyl groups excluding tert-OH is 1. The van der Waals surface area contributed by atoms with Crippen molar-refractivity contribution in [2.24, 2.45) is 5.92 Å². The van der Waals surface area contributed by atoms with Gasteiger partial charge >= 0.3 is 5.69 Å². The molecule has 0 aliphatic carbocycles. The first-order valence-corrected chi connectivity index (χ1v) is 5.68. The van der Waals surface area contributed by atoms with Gasteiger partial charge in [0.15, 0.2) is 0 Å². The molecule has 0 radical (unpaired) electrons. The molecule has 0 aliphatic heterocycles. The van der Waals surface area contributed by atoms with Gasteiger partial charge in [-0.2, -0.15) is 4.98 Å². The van der Waals surface area contributed by atoms with Gasteiger partial charge in [-0.1, -0.05) is 6.92 Å². The maximum absolute atomic E-state index is 10.8. The number of nitrogens with one attached hydrogen (secondary N) is 2. The quantitative estimate of drug-likeness (QED) is 0.489. The van der Waals surface area contributed by atoms with E-state index in [2.05, 4.69) is 20.6 Å². The molecule has 100 valence electrons. The number of hydrogen-bond donors (Lipinski definition) is 3. The molecule has 0 saturated heterocycles. The lowest BCUT2D eigenvalue weighted by molar-refractivity contribution is -0.384. The molecule has 8 nitrogen and oxygen atoms in total. The van der Waals surface area contributed by atoms with Crippen LogP contribution in [0.1, 0.15) is 13.8 Å². The van der Waals surface area contributed by atoms with Crippen molar-refractivity contribution in [3.05, 3.63) is 16.3 Å². The van der Waals surface area contributed by atoms with Crippen molar-refractivity contribution in [2.75, 3.05) is 30.3 Å². The molecule has 0 amide bonds. The summed E-state index contributed by atoms with van der Waals surface area (Å²) in [6.07, 6.45) is 1.16. The third-order valence-corrected chi connectivity index (χ3v) is 2.23. The number of nitro groups is 1. The Morgan fingerprint density at radius 2 is 2.28 bits per heavy atom. The Morgan fingerprint density at radius 1 is 1.56 bits per heavy atom. The van der Waals surface area contributed by atoms with Crippen molar-refractivity contribution in [3.63, 3.8) is 0 Å². The van der Waals surface area contributed by atoms with E-state index in [9.17, 15) is 10.1 Å². The second-order valence-electron chi connectivity index (χ2n) is 3.88. The van der Waals surface area contributed by atoms with Crippen molar-refractivity contribution in [2.45, 2.75) is 13.8 Å². The van der Waals surface area contributed by atoms with E-state index in [0.717, 1.165) is 6.20 Å². The average Bonchev–Trinajstić information content (AvgIpc) is 2.36. The lowest BCUT2D eigenvalue weighted by Gasteiger charge is -2.11. The van der Waals surface area contributed by atoms with Crippen LogP contribution >= 0.6 is 0 Å². The Balaban J connectivity index is 2.89. The maximum Gasteiger partial charge on any atom is 0.329 e. The normalized spacial score (nSPS) is 11.9. The van der Waals surface area contributed by atoms with E-state index >= 15 is 0 Å². The highest BCUT2D eigenvalue weighted by Gasteiger charge is 2.17. The molecule has 8 heteroatoms. The number of hydrogen-bond acceptors (Lipinski definition) is 7. The molecule has 1 rings (SSSR count). The van der Waals surface area contributed by atoms with Crippen LogP contribution in [0.3, 0.4) is 0 Å². The van der Waals surface area contributed by atoms with Crippen molar-refractivity contribution in [1.82, 2.24) is 9.97 Å². The zero-order valence-electron chi connectivity index (χ0n) is 10.4. The molecule has 3 N–H and O–H groups in total. The highest BCUT2D eigenvalue weighted by atomic mass is 16.6. The zero-order chi connectivity index (χ0) is 13.5. The van der Waals surface area contributed by atoms with E-state index in [-0.39, 0.29) is 24.0 Å².